The van der Waals surface area contributed by atoms with Crippen molar-refractivity contribution in [1.82, 2.24) is 0 Å². The zero-order valence-corrected chi connectivity index (χ0v) is 13.8. The second-order valence-corrected chi connectivity index (χ2v) is 8.13. The molecule has 0 heterocycles. The Hall–Kier alpha value is -1.33. The Labute approximate surface area is 139 Å². The maximum absolute atomic E-state index is 11.7. The lowest BCUT2D eigenvalue weighted by molar-refractivity contribution is -0.116. The number of carbonyl (C=O) groups excluding carboxylic acids is 1. The summed E-state index contributed by atoms with van der Waals surface area (Å²) in [6, 6.07) is 0. The van der Waals surface area contributed by atoms with Crippen molar-refractivity contribution in [3.63, 3.8) is 0 Å². The van der Waals surface area contributed by atoms with Crippen molar-refractivity contribution in [1.29, 1.82) is 0 Å². The van der Waals surface area contributed by atoms with E-state index in [1.807, 2.05) is 12.2 Å². The molecule has 4 rings (SSSR count). The molecule has 4 aliphatic carbocycles. The highest BCUT2D eigenvalue weighted by atomic mass is 16.3. The number of allylic oxidation sites excluding steroid dienone is 1. The molecule has 0 radical (unpaired) electrons. The van der Waals surface area contributed by atoms with E-state index in [0.29, 0.717) is 42.3 Å². The molecule has 3 fully saturated rings. The van der Waals surface area contributed by atoms with E-state index < -0.39 is 5.60 Å². The number of fused-ring (bicyclic) bond motifs is 5. The fourth-order valence-corrected chi connectivity index (χ4v) is 6.56. The van der Waals surface area contributed by atoms with Crippen LogP contribution in [0, 0.1) is 41.4 Å². The summed E-state index contributed by atoms with van der Waals surface area (Å²) in [4.78, 5) is 11.7. The van der Waals surface area contributed by atoms with E-state index in [9.17, 15) is 9.90 Å². The van der Waals surface area contributed by atoms with Crippen LogP contribution in [0.25, 0.3) is 0 Å². The predicted octanol–water partition coefficient (Wildman–Crippen LogP) is 3.66. The monoisotopic (exact) mass is 310 g/mol. The maximum Gasteiger partial charge on any atom is 0.155 e. The second kappa shape index (κ2) is 5.08. The Balaban J connectivity index is 1.68. The summed E-state index contributed by atoms with van der Waals surface area (Å²) in [6.07, 6.45) is 17.3. The minimum atomic E-state index is -1.01. The predicted molar refractivity (Wildman–Crippen MR) is 90.4 cm³/mol. The Morgan fingerprint density at radius 3 is 2.78 bits per heavy atom. The van der Waals surface area contributed by atoms with Crippen molar-refractivity contribution in [2.24, 2.45) is 29.1 Å². The molecule has 0 saturated heterocycles. The standard InChI is InChI=1S/C21H26O2/c1-3-20-11-9-17-16-8-6-15(22)13-14(16)5-7-18(17)19(20)10-12-21(20,23)4-2/h2-3,13,16-19,23H,1,5-12H2/t16?,17?,18-,19?,20+,21+/m1/s1. The molecule has 0 amide bonds. The highest BCUT2D eigenvalue weighted by molar-refractivity contribution is 5.91. The van der Waals surface area contributed by atoms with Gasteiger partial charge in [-0.3, -0.25) is 4.79 Å². The molecule has 0 aromatic rings. The number of rotatable bonds is 1. The van der Waals surface area contributed by atoms with E-state index in [-0.39, 0.29) is 5.41 Å². The molecule has 0 aliphatic heterocycles. The molecular weight excluding hydrogens is 284 g/mol. The minimum absolute atomic E-state index is 0.297. The lowest BCUT2D eigenvalue weighted by atomic mass is 9.50. The van der Waals surface area contributed by atoms with E-state index in [0.717, 1.165) is 38.5 Å². The molecule has 2 nitrogen and oxygen atoms in total. The minimum Gasteiger partial charge on any atom is -0.377 e. The molecule has 0 bridgehead atoms. The molecule has 0 aromatic heterocycles. The van der Waals surface area contributed by atoms with Crippen molar-refractivity contribution in [2.75, 3.05) is 0 Å². The molecule has 6 atom stereocenters. The smallest absolute Gasteiger partial charge is 0.155 e. The average Bonchev–Trinajstić information content (AvgIpc) is 2.88. The third kappa shape index (κ3) is 1.89. The van der Waals surface area contributed by atoms with Crippen LogP contribution in [0.1, 0.15) is 51.4 Å². The number of aliphatic hydroxyl groups is 1. The van der Waals surface area contributed by atoms with Gasteiger partial charge in [0.15, 0.2) is 5.78 Å². The number of hydrogen-bond acceptors (Lipinski definition) is 2. The Bertz CT molecular complexity index is 624. The normalized spacial score (nSPS) is 48.5. The van der Waals surface area contributed by atoms with Gasteiger partial charge >= 0.3 is 0 Å². The maximum atomic E-state index is 11.7. The van der Waals surface area contributed by atoms with Crippen molar-refractivity contribution in [2.45, 2.75) is 57.0 Å². The molecule has 1 N–H and O–H groups in total. The molecule has 23 heavy (non-hydrogen) atoms. The first kappa shape index (κ1) is 15.2. The first-order valence-corrected chi connectivity index (χ1v) is 9.12. The number of carbonyl (C=O) groups is 1. The van der Waals surface area contributed by atoms with Crippen molar-refractivity contribution in [3.8, 4) is 12.3 Å². The van der Waals surface area contributed by atoms with Crippen LogP contribution in [0.5, 0.6) is 0 Å². The van der Waals surface area contributed by atoms with Crippen LogP contribution >= 0.6 is 0 Å². The molecule has 0 aromatic carbocycles. The summed E-state index contributed by atoms with van der Waals surface area (Å²) < 4.78 is 0. The highest BCUT2D eigenvalue weighted by Gasteiger charge is 2.62. The molecular formula is C21H26O2. The number of ketones is 1. The third-order valence-electron chi connectivity index (χ3n) is 7.62. The van der Waals surface area contributed by atoms with Crippen molar-refractivity contribution < 1.29 is 9.90 Å². The average molecular weight is 310 g/mol. The number of terminal acetylenes is 1. The molecule has 0 spiro atoms. The van der Waals surface area contributed by atoms with Crippen LogP contribution in [-0.4, -0.2) is 16.5 Å². The summed E-state index contributed by atoms with van der Waals surface area (Å²) in [5.74, 6) is 5.37. The first-order chi connectivity index (χ1) is 11.0. The quantitative estimate of drug-likeness (QED) is 0.593. The van der Waals surface area contributed by atoms with Gasteiger partial charge in [0.05, 0.1) is 0 Å². The van der Waals surface area contributed by atoms with Gasteiger partial charge in [0.2, 0.25) is 0 Å². The lowest BCUT2D eigenvalue weighted by Gasteiger charge is -2.55. The SMILES string of the molecule is C#C[C@]1(O)CCC2[C@@H]3CCC4=CC(=O)CCC4C3CC[C@@]21C=C. The molecule has 4 aliphatic rings. The Kier molecular flexibility index (Phi) is 3.36. The van der Waals surface area contributed by atoms with Crippen LogP contribution in [0.15, 0.2) is 24.3 Å². The number of hydrogen-bond donors (Lipinski definition) is 1. The first-order valence-electron chi connectivity index (χ1n) is 9.12. The van der Waals surface area contributed by atoms with Gasteiger partial charge < -0.3 is 5.11 Å². The van der Waals surface area contributed by atoms with Gasteiger partial charge in [0.25, 0.3) is 0 Å². The van der Waals surface area contributed by atoms with Crippen LogP contribution in [0.3, 0.4) is 0 Å². The van der Waals surface area contributed by atoms with Gasteiger partial charge in [0.1, 0.15) is 5.60 Å². The van der Waals surface area contributed by atoms with Gasteiger partial charge in [0, 0.05) is 11.8 Å². The zero-order valence-electron chi connectivity index (χ0n) is 13.8. The largest absolute Gasteiger partial charge is 0.377 e. The summed E-state index contributed by atoms with van der Waals surface area (Å²) in [5.41, 5.74) is 0.0938. The Morgan fingerprint density at radius 2 is 2.04 bits per heavy atom. The zero-order chi connectivity index (χ0) is 16.2. The van der Waals surface area contributed by atoms with Gasteiger partial charge in [-0.15, -0.1) is 13.0 Å². The van der Waals surface area contributed by atoms with Crippen LogP contribution in [-0.2, 0) is 4.79 Å². The second-order valence-electron chi connectivity index (χ2n) is 8.13. The van der Waals surface area contributed by atoms with Gasteiger partial charge in [-0.05, 0) is 74.7 Å². The van der Waals surface area contributed by atoms with E-state index in [4.69, 9.17) is 6.42 Å². The molecule has 122 valence electrons. The summed E-state index contributed by atoms with van der Waals surface area (Å²) in [7, 11) is 0. The van der Waals surface area contributed by atoms with Crippen LogP contribution in [0.4, 0.5) is 0 Å². The highest BCUT2D eigenvalue weighted by Crippen LogP contribution is 2.65. The Morgan fingerprint density at radius 1 is 1.22 bits per heavy atom. The lowest BCUT2D eigenvalue weighted by Crippen LogP contribution is -2.52. The van der Waals surface area contributed by atoms with E-state index in [1.165, 1.54) is 5.57 Å². The van der Waals surface area contributed by atoms with Gasteiger partial charge in [-0.25, -0.2) is 0 Å². The summed E-state index contributed by atoms with van der Waals surface area (Å²) in [6.45, 7) is 4.08. The molecule has 3 saturated carbocycles. The van der Waals surface area contributed by atoms with E-state index in [1.54, 1.807) is 0 Å². The van der Waals surface area contributed by atoms with E-state index in [2.05, 4.69) is 12.5 Å². The van der Waals surface area contributed by atoms with E-state index >= 15 is 0 Å². The fraction of sp³-hybridized carbons (Fsp3) is 0.667. The van der Waals surface area contributed by atoms with Crippen molar-refractivity contribution in [3.05, 3.63) is 24.3 Å². The van der Waals surface area contributed by atoms with Gasteiger partial charge in [-0.2, -0.15) is 0 Å². The fourth-order valence-electron chi connectivity index (χ4n) is 6.56. The summed E-state index contributed by atoms with van der Waals surface area (Å²) in [5, 5.41) is 11.0. The van der Waals surface area contributed by atoms with Crippen LogP contribution in [0.2, 0.25) is 0 Å². The van der Waals surface area contributed by atoms with Crippen LogP contribution < -0.4 is 0 Å². The van der Waals surface area contributed by atoms with Crippen molar-refractivity contribution >= 4 is 5.78 Å². The van der Waals surface area contributed by atoms with Gasteiger partial charge in [-0.1, -0.05) is 17.6 Å². The topological polar surface area (TPSA) is 37.3 Å². The third-order valence-corrected chi connectivity index (χ3v) is 7.62. The molecule has 3 unspecified atom stereocenters. The summed E-state index contributed by atoms with van der Waals surface area (Å²) >= 11 is 0. The molecule has 2 heteroatoms.